The maximum atomic E-state index is 8.71. The van der Waals surface area contributed by atoms with E-state index in [0.717, 1.165) is 18.0 Å². The van der Waals surface area contributed by atoms with Crippen LogP contribution in [0.1, 0.15) is 16.7 Å². The molecule has 3 heteroatoms. The largest absolute Gasteiger partial charge is 0.492 e. The molecule has 0 amide bonds. The van der Waals surface area contributed by atoms with Crippen molar-refractivity contribution in [2.75, 3.05) is 18.5 Å². The second-order valence-electron chi connectivity index (χ2n) is 4.79. The number of nitriles is 1. The van der Waals surface area contributed by atoms with E-state index in [9.17, 15) is 0 Å². The number of aryl methyl sites for hydroxylation is 2. The van der Waals surface area contributed by atoms with Gasteiger partial charge >= 0.3 is 0 Å². The molecule has 2 aromatic carbocycles. The zero-order chi connectivity index (χ0) is 14.4. The van der Waals surface area contributed by atoms with Crippen molar-refractivity contribution in [3.8, 4) is 11.8 Å². The predicted octanol–water partition coefficient (Wildman–Crippen LogP) is 3.67. The molecule has 0 atom stereocenters. The average molecular weight is 266 g/mol. The molecule has 102 valence electrons. The first-order valence-corrected chi connectivity index (χ1v) is 6.62. The predicted molar refractivity (Wildman–Crippen MR) is 81.1 cm³/mol. The minimum Gasteiger partial charge on any atom is -0.492 e. The summed E-state index contributed by atoms with van der Waals surface area (Å²) in [7, 11) is 0. The number of nitrogens with zero attached hydrogens (tertiary/aromatic N) is 1. The van der Waals surface area contributed by atoms with Gasteiger partial charge in [-0.05, 0) is 61.4 Å². The molecule has 0 aliphatic carbocycles. The van der Waals surface area contributed by atoms with Gasteiger partial charge in [0.25, 0.3) is 0 Å². The molecule has 2 aromatic rings. The lowest BCUT2D eigenvalue weighted by Gasteiger charge is -2.10. The van der Waals surface area contributed by atoms with Crippen LogP contribution in [0.15, 0.2) is 42.5 Å². The Hall–Kier alpha value is -2.47. The molecule has 0 fully saturated rings. The van der Waals surface area contributed by atoms with Crippen LogP contribution in [0.2, 0.25) is 0 Å². The molecule has 3 nitrogen and oxygen atoms in total. The van der Waals surface area contributed by atoms with Crippen molar-refractivity contribution in [1.29, 1.82) is 5.26 Å². The summed E-state index contributed by atoms with van der Waals surface area (Å²) >= 11 is 0. The van der Waals surface area contributed by atoms with Crippen molar-refractivity contribution in [3.63, 3.8) is 0 Å². The highest BCUT2D eigenvalue weighted by molar-refractivity contribution is 5.48. The van der Waals surface area contributed by atoms with Gasteiger partial charge in [0, 0.05) is 12.2 Å². The van der Waals surface area contributed by atoms with Crippen LogP contribution in [0.25, 0.3) is 0 Å². The number of hydrogen-bond donors (Lipinski definition) is 1. The molecule has 1 N–H and O–H groups in total. The molecule has 0 saturated carbocycles. The van der Waals surface area contributed by atoms with Gasteiger partial charge in [-0.3, -0.25) is 0 Å². The van der Waals surface area contributed by atoms with Gasteiger partial charge in [-0.25, -0.2) is 0 Å². The van der Waals surface area contributed by atoms with E-state index in [2.05, 4.69) is 43.4 Å². The molecule has 2 rings (SSSR count). The molecule has 0 unspecified atom stereocenters. The van der Waals surface area contributed by atoms with Gasteiger partial charge in [0.05, 0.1) is 11.6 Å². The summed E-state index contributed by atoms with van der Waals surface area (Å²) in [6.45, 7) is 5.50. The smallest absolute Gasteiger partial charge is 0.119 e. The van der Waals surface area contributed by atoms with Crippen LogP contribution in [-0.2, 0) is 0 Å². The zero-order valence-electron chi connectivity index (χ0n) is 11.8. The van der Waals surface area contributed by atoms with E-state index in [-0.39, 0.29) is 0 Å². The first-order valence-electron chi connectivity index (χ1n) is 6.62. The number of ether oxygens (including phenoxy) is 1. The van der Waals surface area contributed by atoms with Crippen molar-refractivity contribution in [1.82, 2.24) is 0 Å². The van der Waals surface area contributed by atoms with Crippen molar-refractivity contribution in [2.24, 2.45) is 0 Å². The van der Waals surface area contributed by atoms with Crippen LogP contribution >= 0.6 is 0 Å². The van der Waals surface area contributed by atoms with Crippen LogP contribution in [0.5, 0.6) is 5.75 Å². The van der Waals surface area contributed by atoms with Crippen molar-refractivity contribution in [3.05, 3.63) is 59.2 Å². The fourth-order valence-corrected chi connectivity index (χ4v) is 2.07. The molecule has 0 bridgehead atoms. The van der Waals surface area contributed by atoms with E-state index in [1.165, 1.54) is 11.1 Å². The fourth-order valence-electron chi connectivity index (χ4n) is 2.07. The van der Waals surface area contributed by atoms with Crippen molar-refractivity contribution >= 4 is 5.69 Å². The van der Waals surface area contributed by atoms with Crippen LogP contribution in [0.4, 0.5) is 5.69 Å². The minimum absolute atomic E-state index is 0.582. The molecule has 0 saturated heterocycles. The Morgan fingerprint density at radius 3 is 2.30 bits per heavy atom. The summed E-state index contributed by atoms with van der Waals surface area (Å²) < 4.78 is 5.62. The summed E-state index contributed by atoms with van der Waals surface area (Å²) in [5.41, 5.74) is 4.26. The Labute approximate surface area is 119 Å². The fraction of sp³-hybridized carbons (Fsp3) is 0.235. The number of hydrogen-bond acceptors (Lipinski definition) is 3. The van der Waals surface area contributed by atoms with E-state index >= 15 is 0 Å². The Morgan fingerprint density at radius 1 is 1.05 bits per heavy atom. The molecule has 0 spiro atoms. The summed E-state index contributed by atoms with van der Waals surface area (Å²) in [6, 6.07) is 15.6. The van der Waals surface area contributed by atoms with Crippen molar-refractivity contribution < 1.29 is 4.74 Å². The van der Waals surface area contributed by atoms with Gasteiger partial charge in [-0.1, -0.05) is 6.07 Å². The van der Waals surface area contributed by atoms with Crippen molar-refractivity contribution in [2.45, 2.75) is 13.8 Å². The zero-order valence-corrected chi connectivity index (χ0v) is 11.8. The normalized spacial score (nSPS) is 9.85. The maximum absolute atomic E-state index is 8.71. The van der Waals surface area contributed by atoms with Gasteiger partial charge in [0.1, 0.15) is 12.4 Å². The van der Waals surface area contributed by atoms with Gasteiger partial charge < -0.3 is 10.1 Å². The van der Waals surface area contributed by atoms with Crippen LogP contribution in [0.3, 0.4) is 0 Å². The standard InChI is InChI=1S/C17H18N2O/c1-13-9-14(2)11-16(10-13)19-7-8-20-17-5-3-15(12-18)4-6-17/h3-6,9-11,19H,7-8H2,1-2H3. The summed E-state index contributed by atoms with van der Waals surface area (Å²) in [5.74, 6) is 0.784. The van der Waals surface area contributed by atoms with Crippen LogP contribution in [0, 0.1) is 25.2 Å². The number of nitrogens with one attached hydrogen (secondary N) is 1. The third-order valence-corrected chi connectivity index (χ3v) is 2.91. The second-order valence-corrected chi connectivity index (χ2v) is 4.79. The molecular weight excluding hydrogens is 248 g/mol. The Balaban J connectivity index is 1.79. The van der Waals surface area contributed by atoms with Gasteiger partial charge in [0.2, 0.25) is 0 Å². The first kappa shape index (κ1) is 14.0. The molecule has 0 aliphatic heterocycles. The molecule has 0 radical (unpaired) electrons. The average Bonchev–Trinajstić information content (AvgIpc) is 2.43. The van der Waals surface area contributed by atoms with Gasteiger partial charge in [0.15, 0.2) is 0 Å². The van der Waals surface area contributed by atoms with Crippen LogP contribution in [-0.4, -0.2) is 13.2 Å². The lowest BCUT2D eigenvalue weighted by molar-refractivity contribution is 0.333. The monoisotopic (exact) mass is 266 g/mol. The third-order valence-electron chi connectivity index (χ3n) is 2.91. The summed E-state index contributed by atoms with van der Waals surface area (Å²) in [4.78, 5) is 0. The van der Waals surface area contributed by atoms with E-state index in [1.807, 2.05) is 12.1 Å². The Kier molecular flexibility index (Phi) is 4.62. The number of anilines is 1. The molecule has 0 aliphatic rings. The summed E-state index contributed by atoms with van der Waals surface area (Å²) in [6.07, 6.45) is 0. The topological polar surface area (TPSA) is 45.0 Å². The van der Waals surface area contributed by atoms with E-state index in [4.69, 9.17) is 10.00 Å². The highest BCUT2D eigenvalue weighted by atomic mass is 16.5. The number of rotatable bonds is 5. The first-order chi connectivity index (χ1) is 9.67. The molecule has 0 aromatic heterocycles. The lowest BCUT2D eigenvalue weighted by atomic mass is 10.1. The summed E-state index contributed by atoms with van der Waals surface area (Å²) in [5, 5.41) is 12.1. The van der Waals surface area contributed by atoms with E-state index in [1.54, 1.807) is 12.1 Å². The SMILES string of the molecule is Cc1cc(C)cc(NCCOc2ccc(C#N)cc2)c1. The van der Waals surface area contributed by atoms with E-state index < -0.39 is 0 Å². The quantitative estimate of drug-likeness (QED) is 0.840. The number of benzene rings is 2. The third kappa shape index (κ3) is 4.03. The maximum Gasteiger partial charge on any atom is 0.119 e. The highest BCUT2D eigenvalue weighted by Crippen LogP contribution is 2.14. The van der Waals surface area contributed by atoms with Gasteiger partial charge in [-0.2, -0.15) is 5.26 Å². The van der Waals surface area contributed by atoms with Crippen LogP contribution < -0.4 is 10.1 Å². The minimum atomic E-state index is 0.582. The molecule has 20 heavy (non-hydrogen) atoms. The molecule has 0 heterocycles. The van der Waals surface area contributed by atoms with E-state index in [0.29, 0.717) is 12.2 Å². The molecular formula is C17H18N2O. The second kappa shape index (κ2) is 6.63. The Morgan fingerprint density at radius 2 is 1.70 bits per heavy atom. The lowest BCUT2D eigenvalue weighted by Crippen LogP contribution is -2.11. The van der Waals surface area contributed by atoms with Gasteiger partial charge in [-0.15, -0.1) is 0 Å². The highest BCUT2D eigenvalue weighted by Gasteiger charge is 1.97. The Bertz CT molecular complexity index is 592.